The van der Waals surface area contributed by atoms with Crippen LogP contribution >= 0.6 is 15.3 Å². The summed E-state index contributed by atoms with van der Waals surface area (Å²) < 4.78 is 94.4. The van der Waals surface area contributed by atoms with Crippen LogP contribution in [0.2, 0.25) is 0 Å². The SMILES string of the molecule is [BH3-][P@@]1(=O)OC[C@H]2O[C@@H](n3cnc4c(N)ncnc43)[C@H](F)[C@@H]2OP(=O)(O)OC[C@H]2O[C@@H](n3cnc4c(N)ccnc43)[C@H](O1)[C@@H]2F. The number of ether oxygens (including phenoxy) is 2. The molecule has 0 aromatic carbocycles. The van der Waals surface area contributed by atoms with Gasteiger partial charge in [0.25, 0.3) is 0 Å². The van der Waals surface area contributed by atoms with E-state index >= 15 is 8.78 Å². The molecule has 4 aromatic rings. The van der Waals surface area contributed by atoms with Gasteiger partial charge in [-0.2, -0.15) is 0 Å². The normalized spacial score (nSPS) is 38.3. The summed E-state index contributed by atoms with van der Waals surface area (Å²) in [6, 6.07) is 1.53. The Morgan fingerprint density at radius 3 is 2.34 bits per heavy atom. The molecule has 2 bridgehead atoms. The molecule has 3 aliphatic rings. The molecule has 0 amide bonds. The van der Waals surface area contributed by atoms with E-state index in [1.165, 1.54) is 34.1 Å². The Labute approximate surface area is 246 Å². The Morgan fingerprint density at radius 2 is 1.55 bits per heavy atom. The molecule has 1 unspecified atom stereocenters. The molecular formula is C21H25BF2N9O9P2-. The van der Waals surface area contributed by atoms with Gasteiger partial charge in [-0.25, -0.2) is 38.3 Å². The number of fused-ring (bicyclic) bond motifs is 5. The van der Waals surface area contributed by atoms with Crippen molar-refractivity contribution in [3.05, 3.63) is 31.2 Å². The van der Waals surface area contributed by atoms with Gasteiger partial charge in [-0.1, -0.05) is 0 Å². The lowest BCUT2D eigenvalue weighted by Crippen LogP contribution is -2.34. The summed E-state index contributed by atoms with van der Waals surface area (Å²) in [5.41, 5.74) is 13.0. The molecule has 0 saturated carbocycles. The van der Waals surface area contributed by atoms with E-state index in [-0.39, 0.29) is 22.6 Å². The van der Waals surface area contributed by atoms with Gasteiger partial charge in [-0.15, -0.1) is 0 Å². The Kier molecular flexibility index (Phi) is 7.23. The van der Waals surface area contributed by atoms with Crippen LogP contribution < -0.4 is 11.5 Å². The first-order chi connectivity index (χ1) is 20.9. The van der Waals surface area contributed by atoms with E-state index in [4.69, 9.17) is 39.0 Å². The zero-order chi connectivity index (χ0) is 31.0. The smallest absolute Gasteiger partial charge is 0.397 e. The monoisotopic (exact) mass is 658 g/mol. The van der Waals surface area contributed by atoms with Crippen LogP contribution in [-0.2, 0) is 36.7 Å². The number of nitrogen functional groups attached to an aromatic ring is 2. The molecule has 4 aromatic heterocycles. The summed E-state index contributed by atoms with van der Waals surface area (Å²) in [7, 11) is -10.3. The van der Waals surface area contributed by atoms with E-state index in [2.05, 4.69) is 24.9 Å². The average Bonchev–Trinajstić information content (AvgIpc) is 3.73. The molecule has 7 rings (SSSR count). The van der Waals surface area contributed by atoms with Crippen LogP contribution in [-0.4, -0.2) is 96.5 Å². The van der Waals surface area contributed by atoms with Crippen LogP contribution in [0.25, 0.3) is 22.3 Å². The van der Waals surface area contributed by atoms with Crippen molar-refractivity contribution in [1.29, 1.82) is 0 Å². The summed E-state index contributed by atoms with van der Waals surface area (Å²) in [6.45, 7) is -1.41. The van der Waals surface area contributed by atoms with Gasteiger partial charge in [0.15, 0.2) is 41.9 Å². The summed E-state index contributed by atoms with van der Waals surface area (Å²) >= 11 is 0. The van der Waals surface area contributed by atoms with Crippen molar-refractivity contribution in [3.8, 4) is 0 Å². The number of hydrogen-bond donors (Lipinski definition) is 3. The molecule has 5 N–H and O–H groups in total. The summed E-state index contributed by atoms with van der Waals surface area (Å²) in [5.74, 6) is 0.0415. The van der Waals surface area contributed by atoms with Gasteiger partial charge >= 0.3 is 7.82 Å². The minimum Gasteiger partial charge on any atom is -0.397 e. The minimum absolute atomic E-state index is 0.0415. The molecule has 0 spiro atoms. The molecule has 7 heterocycles. The fourth-order valence-corrected chi connectivity index (χ4v) is 6.86. The molecule has 0 radical (unpaired) electrons. The molecule has 23 heteroatoms. The molecule has 3 aliphatic heterocycles. The van der Waals surface area contributed by atoms with E-state index in [9.17, 15) is 14.0 Å². The highest BCUT2D eigenvalue weighted by molar-refractivity contribution is 7.79. The van der Waals surface area contributed by atoms with Crippen LogP contribution in [0, 0.1) is 0 Å². The van der Waals surface area contributed by atoms with Crippen molar-refractivity contribution >= 4 is 56.7 Å². The summed E-state index contributed by atoms with van der Waals surface area (Å²) in [4.78, 5) is 31.0. The molecular weight excluding hydrogens is 633 g/mol. The second-order valence-electron chi connectivity index (χ2n) is 9.75. The number of hydrogen-bond acceptors (Lipinski definition) is 15. The Balaban J connectivity index is 1.20. The molecule has 0 aliphatic carbocycles. The van der Waals surface area contributed by atoms with Crippen molar-refractivity contribution in [1.82, 2.24) is 34.1 Å². The number of phosphoric ester groups is 1. The highest BCUT2D eigenvalue weighted by Gasteiger charge is 2.54. The molecule has 3 saturated heterocycles. The maximum Gasteiger partial charge on any atom is 0.472 e. The lowest BCUT2D eigenvalue weighted by atomic mass is 10.1. The second kappa shape index (κ2) is 10.7. The number of imidazole rings is 2. The number of anilines is 2. The third kappa shape index (κ3) is 5.07. The quantitative estimate of drug-likeness (QED) is 0.194. The molecule has 18 nitrogen and oxygen atoms in total. The van der Waals surface area contributed by atoms with Gasteiger partial charge < -0.3 is 39.4 Å². The Morgan fingerprint density at radius 1 is 0.864 bits per heavy atom. The first-order valence-corrected chi connectivity index (χ1v) is 15.2. The van der Waals surface area contributed by atoms with Crippen LogP contribution in [0.1, 0.15) is 12.5 Å². The number of pyridine rings is 1. The highest BCUT2D eigenvalue weighted by Crippen LogP contribution is 2.54. The third-order valence-corrected chi connectivity index (χ3v) is 8.93. The highest BCUT2D eigenvalue weighted by atomic mass is 31.2. The van der Waals surface area contributed by atoms with Gasteiger partial charge in [0.1, 0.15) is 49.3 Å². The molecule has 3 fully saturated rings. The van der Waals surface area contributed by atoms with E-state index in [1.807, 2.05) is 0 Å². The maximum atomic E-state index is 15.9. The second-order valence-corrected chi connectivity index (χ2v) is 12.1. The molecule has 236 valence electrons. The molecule has 10 atom stereocenters. The first kappa shape index (κ1) is 29.6. The van der Waals surface area contributed by atoms with E-state index in [1.54, 1.807) is 0 Å². The fourth-order valence-electron chi connectivity index (χ4n) is 5.16. The third-order valence-electron chi connectivity index (χ3n) is 7.17. The lowest BCUT2D eigenvalue weighted by molar-refractivity contribution is -0.0613. The zero-order valence-electron chi connectivity index (χ0n) is 21.6. The van der Waals surface area contributed by atoms with Crippen LogP contribution in [0.5, 0.6) is 0 Å². The average molecular weight is 658 g/mol. The van der Waals surface area contributed by atoms with Gasteiger partial charge in [-0.3, -0.25) is 18.2 Å². The topological polar surface area (TPSA) is 236 Å². The number of rotatable bonds is 2. The van der Waals surface area contributed by atoms with Gasteiger partial charge in [0, 0.05) is 6.20 Å². The number of halogens is 2. The maximum absolute atomic E-state index is 15.9. The van der Waals surface area contributed by atoms with Crippen molar-refractivity contribution in [3.63, 3.8) is 0 Å². The largest absolute Gasteiger partial charge is 0.472 e. The van der Waals surface area contributed by atoms with Crippen molar-refractivity contribution in [2.75, 3.05) is 24.7 Å². The number of nitrogens with two attached hydrogens (primary N) is 2. The van der Waals surface area contributed by atoms with Crippen LogP contribution in [0.15, 0.2) is 31.2 Å². The van der Waals surface area contributed by atoms with Crippen molar-refractivity contribution in [2.24, 2.45) is 0 Å². The van der Waals surface area contributed by atoms with Crippen molar-refractivity contribution < 1.29 is 50.4 Å². The Hall–Kier alpha value is -3.13. The predicted molar refractivity (Wildman–Crippen MR) is 148 cm³/mol. The van der Waals surface area contributed by atoms with Crippen LogP contribution in [0.3, 0.4) is 0 Å². The predicted octanol–water partition coefficient (Wildman–Crippen LogP) is 0.298. The number of aromatic nitrogens is 7. The summed E-state index contributed by atoms with van der Waals surface area (Å²) in [6.07, 6.45) is -7.95. The fraction of sp³-hybridized carbons (Fsp3) is 0.476. The number of nitrogens with zero attached hydrogens (tertiary/aromatic N) is 7. The van der Waals surface area contributed by atoms with E-state index < -0.39 is 85.3 Å². The van der Waals surface area contributed by atoms with Crippen molar-refractivity contribution in [2.45, 2.75) is 49.2 Å². The minimum atomic E-state index is -5.07. The number of phosphoric acid groups is 1. The lowest BCUT2D eigenvalue weighted by Gasteiger charge is -2.29. The molecule has 44 heavy (non-hydrogen) atoms. The van der Waals surface area contributed by atoms with Crippen LogP contribution in [0.4, 0.5) is 20.3 Å². The van der Waals surface area contributed by atoms with E-state index in [0.717, 1.165) is 6.33 Å². The zero-order valence-corrected chi connectivity index (χ0v) is 23.4. The number of alkyl halides is 2. The van der Waals surface area contributed by atoms with Gasteiger partial charge in [-0.05, 0) is 6.07 Å². The van der Waals surface area contributed by atoms with E-state index in [0.29, 0.717) is 11.2 Å². The Bertz CT molecular complexity index is 1840. The summed E-state index contributed by atoms with van der Waals surface area (Å²) in [5, 5.41) is 0. The van der Waals surface area contributed by atoms with Gasteiger partial charge in [0.2, 0.25) is 0 Å². The standard InChI is InChI=1S/C21H25BF2N9O9P2/c22-43(34)37-4-10-15(12(24)20(40-10)32-7-31-14-17(26)28-5-29-19(14)32)42-44(35,36)38-3-9-11(23)16(41-43)21(39-9)33-6-30-13-8(25)1-2-27-18(13)33/h1-2,5-7,9-12,15-16,20-21H,3-4H2,22H3,(H2,25,27)(H,35,36)(H2,26,28,29)/q-1/t9-,10-,11-,12-,15-,16-,20-,21-,43-/m1/s1. The van der Waals surface area contributed by atoms with Gasteiger partial charge in [0.05, 0.1) is 39.1 Å². The first-order valence-electron chi connectivity index (χ1n) is 12.6.